The minimum Gasteiger partial charge on any atom is -0.507 e. The number of nitrogens with two attached hydrogens (primary N) is 1. The van der Waals surface area contributed by atoms with Crippen molar-refractivity contribution in [2.45, 2.75) is 31.4 Å². The van der Waals surface area contributed by atoms with Gasteiger partial charge in [0.05, 0.1) is 18.8 Å². The minimum atomic E-state index is -0.791. The molecule has 0 saturated heterocycles. The number of aromatic hydroxyl groups is 1. The first kappa shape index (κ1) is 21.0. The molecule has 0 fully saturated rings. The van der Waals surface area contributed by atoms with Crippen molar-refractivity contribution in [3.8, 4) is 11.5 Å². The number of aliphatic hydroxyl groups is 1. The maximum Gasteiger partial charge on any atom is 0.252 e. The number of ether oxygens (including phenoxy) is 1. The molecule has 2 unspecified atom stereocenters. The molecule has 0 saturated carbocycles. The van der Waals surface area contributed by atoms with Crippen molar-refractivity contribution >= 4 is 18.3 Å². The van der Waals surface area contributed by atoms with E-state index in [2.05, 4.69) is 17.4 Å². The molecule has 3 rings (SSSR count). The number of aryl methyl sites for hydroxylation is 1. The second-order valence-electron chi connectivity index (χ2n) is 6.64. The van der Waals surface area contributed by atoms with E-state index in [4.69, 9.17) is 10.5 Å². The number of halogens is 1. The molecule has 7 heteroatoms. The Kier molecular flexibility index (Phi) is 7.07. The Balaban J connectivity index is 0.00000261. The van der Waals surface area contributed by atoms with E-state index in [1.807, 2.05) is 6.07 Å². The average molecular weight is 393 g/mol. The van der Waals surface area contributed by atoms with Gasteiger partial charge in [-0.1, -0.05) is 12.1 Å². The number of amides is 1. The van der Waals surface area contributed by atoms with Crippen molar-refractivity contribution in [1.82, 2.24) is 5.32 Å². The summed E-state index contributed by atoms with van der Waals surface area (Å²) in [5.41, 5.74) is 8.40. The van der Waals surface area contributed by atoms with Crippen molar-refractivity contribution in [2.75, 3.05) is 13.7 Å². The van der Waals surface area contributed by atoms with Crippen LogP contribution in [0.15, 0.2) is 36.4 Å². The number of aliphatic hydroxyl groups excluding tert-OH is 1. The number of rotatable bonds is 6. The molecule has 5 N–H and O–H groups in total. The van der Waals surface area contributed by atoms with Crippen molar-refractivity contribution < 1.29 is 19.7 Å². The number of methoxy groups -OCH3 is 1. The van der Waals surface area contributed by atoms with Crippen molar-refractivity contribution in [3.05, 3.63) is 58.7 Å². The summed E-state index contributed by atoms with van der Waals surface area (Å²) >= 11 is 0. The summed E-state index contributed by atoms with van der Waals surface area (Å²) in [6, 6.07) is 10.8. The van der Waals surface area contributed by atoms with Crippen molar-refractivity contribution in [1.29, 1.82) is 0 Å². The standard InChI is InChI=1S/C20H24N2O4.ClH/c1-26-16-6-3-12-2-5-15(8-14(12)9-16)22-11-19(24)13-4-7-18(23)17(10-13)20(21)25;/h3-4,6-7,9-10,15,19,22-24H,2,5,8,11H2,1H3,(H2,21,25);1H. The van der Waals surface area contributed by atoms with Crippen molar-refractivity contribution in [3.63, 3.8) is 0 Å². The van der Waals surface area contributed by atoms with Crippen LogP contribution >= 0.6 is 12.4 Å². The molecular formula is C20H25ClN2O4. The highest BCUT2D eigenvalue weighted by Crippen LogP contribution is 2.26. The van der Waals surface area contributed by atoms with Crippen LogP contribution in [0.2, 0.25) is 0 Å². The van der Waals surface area contributed by atoms with Crippen LogP contribution in [0.5, 0.6) is 11.5 Å². The van der Waals surface area contributed by atoms with E-state index in [1.54, 1.807) is 13.2 Å². The quantitative estimate of drug-likeness (QED) is 0.602. The average Bonchev–Trinajstić information content (AvgIpc) is 2.65. The van der Waals surface area contributed by atoms with Gasteiger partial charge in [-0.2, -0.15) is 0 Å². The molecule has 6 nitrogen and oxygen atoms in total. The smallest absolute Gasteiger partial charge is 0.252 e. The summed E-state index contributed by atoms with van der Waals surface area (Å²) in [5, 5.41) is 23.4. The number of fused-ring (bicyclic) bond motifs is 1. The third-order valence-electron chi connectivity index (χ3n) is 4.91. The van der Waals surface area contributed by atoms with Crippen LogP contribution in [0.25, 0.3) is 0 Å². The van der Waals surface area contributed by atoms with Gasteiger partial charge in [0.25, 0.3) is 5.91 Å². The molecule has 1 aliphatic rings. The molecule has 0 aromatic heterocycles. The summed E-state index contributed by atoms with van der Waals surface area (Å²) in [6.07, 6.45) is 2.06. The minimum absolute atomic E-state index is 0. The third-order valence-corrected chi connectivity index (χ3v) is 4.91. The molecule has 146 valence electrons. The van der Waals surface area contributed by atoms with E-state index >= 15 is 0 Å². The second kappa shape index (κ2) is 9.08. The Bertz CT molecular complexity index is 813. The molecule has 0 heterocycles. The fraction of sp³-hybridized carbons (Fsp3) is 0.350. The van der Waals surface area contributed by atoms with Crippen LogP contribution < -0.4 is 15.8 Å². The normalized spacial score (nSPS) is 16.7. The van der Waals surface area contributed by atoms with Crippen LogP contribution in [0.4, 0.5) is 0 Å². The van der Waals surface area contributed by atoms with Gasteiger partial charge in [0.2, 0.25) is 0 Å². The molecule has 0 bridgehead atoms. The molecular weight excluding hydrogens is 368 g/mol. The van der Waals surface area contributed by atoms with Crippen molar-refractivity contribution in [2.24, 2.45) is 5.73 Å². The number of primary amides is 1. The highest BCUT2D eigenvalue weighted by molar-refractivity contribution is 5.95. The predicted molar refractivity (Wildman–Crippen MR) is 106 cm³/mol. The van der Waals surface area contributed by atoms with Gasteiger partial charge in [-0.25, -0.2) is 0 Å². The topological polar surface area (TPSA) is 105 Å². The van der Waals surface area contributed by atoms with Gasteiger partial charge >= 0.3 is 0 Å². The lowest BCUT2D eigenvalue weighted by atomic mass is 9.88. The van der Waals surface area contributed by atoms with E-state index in [1.165, 1.54) is 23.3 Å². The van der Waals surface area contributed by atoms with E-state index in [-0.39, 0.29) is 29.8 Å². The first-order chi connectivity index (χ1) is 12.5. The van der Waals surface area contributed by atoms with E-state index in [0.29, 0.717) is 12.1 Å². The van der Waals surface area contributed by atoms with Gasteiger partial charge in [0, 0.05) is 12.6 Å². The first-order valence-electron chi connectivity index (χ1n) is 8.68. The van der Waals surface area contributed by atoms with Gasteiger partial charge in [-0.15, -0.1) is 12.4 Å². The molecule has 2 aromatic carbocycles. The maximum atomic E-state index is 11.3. The maximum absolute atomic E-state index is 11.3. The predicted octanol–water partition coefficient (Wildman–Crippen LogP) is 2.10. The molecule has 1 aliphatic carbocycles. The summed E-state index contributed by atoms with van der Waals surface area (Å²) in [5.74, 6) is -0.0471. The third kappa shape index (κ3) is 4.91. The zero-order valence-electron chi connectivity index (χ0n) is 15.1. The van der Waals surface area contributed by atoms with Gasteiger partial charge in [-0.05, 0) is 60.2 Å². The highest BCUT2D eigenvalue weighted by Gasteiger charge is 2.20. The van der Waals surface area contributed by atoms with Crippen LogP contribution in [-0.4, -0.2) is 35.8 Å². The Morgan fingerprint density at radius 3 is 2.78 bits per heavy atom. The zero-order valence-corrected chi connectivity index (χ0v) is 16.0. The molecule has 27 heavy (non-hydrogen) atoms. The lowest BCUT2D eigenvalue weighted by Gasteiger charge is -2.27. The number of hydrogen-bond acceptors (Lipinski definition) is 5. The van der Waals surface area contributed by atoms with Gasteiger partial charge in [-0.3, -0.25) is 4.79 Å². The van der Waals surface area contributed by atoms with E-state index in [9.17, 15) is 15.0 Å². The Morgan fingerprint density at radius 2 is 2.07 bits per heavy atom. The summed E-state index contributed by atoms with van der Waals surface area (Å²) < 4.78 is 5.29. The molecule has 0 radical (unpaired) electrons. The Morgan fingerprint density at radius 1 is 1.30 bits per heavy atom. The Hall–Kier alpha value is -2.28. The van der Waals surface area contributed by atoms with Gasteiger partial charge < -0.3 is 26.0 Å². The number of hydrogen-bond donors (Lipinski definition) is 4. The van der Waals surface area contributed by atoms with E-state index < -0.39 is 12.0 Å². The van der Waals surface area contributed by atoms with Gasteiger partial charge in [0.1, 0.15) is 11.5 Å². The van der Waals surface area contributed by atoms with Crippen LogP contribution in [0.1, 0.15) is 39.6 Å². The zero-order chi connectivity index (χ0) is 18.7. The summed E-state index contributed by atoms with van der Waals surface area (Å²) in [7, 11) is 1.66. The number of nitrogens with one attached hydrogen (secondary N) is 1. The number of carbonyl (C=O) groups excluding carboxylic acids is 1. The molecule has 2 atom stereocenters. The monoisotopic (exact) mass is 392 g/mol. The molecule has 2 aromatic rings. The number of phenols is 1. The molecule has 1 amide bonds. The second-order valence-corrected chi connectivity index (χ2v) is 6.64. The lowest BCUT2D eigenvalue weighted by Crippen LogP contribution is -2.37. The fourth-order valence-corrected chi connectivity index (χ4v) is 3.39. The number of benzene rings is 2. The van der Waals surface area contributed by atoms with Crippen LogP contribution in [-0.2, 0) is 12.8 Å². The highest BCUT2D eigenvalue weighted by atomic mass is 35.5. The summed E-state index contributed by atoms with van der Waals surface area (Å²) in [4.78, 5) is 11.3. The lowest BCUT2D eigenvalue weighted by molar-refractivity contribution is 0.0997. The molecule has 0 spiro atoms. The van der Waals surface area contributed by atoms with Crippen LogP contribution in [0, 0.1) is 0 Å². The Labute approximate surface area is 164 Å². The molecule has 0 aliphatic heterocycles. The first-order valence-corrected chi connectivity index (χ1v) is 8.68. The number of carbonyl (C=O) groups is 1. The SMILES string of the molecule is COc1ccc2c(c1)CC(NCC(O)c1ccc(O)c(C(N)=O)c1)CC2.Cl. The van der Waals surface area contributed by atoms with Gasteiger partial charge in [0.15, 0.2) is 0 Å². The van der Waals surface area contributed by atoms with Crippen LogP contribution in [0.3, 0.4) is 0 Å². The summed E-state index contributed by atoms with van der Waals surface area (Å²) in [6.45, 7) is 0.354. The fourth-order valence-electron chi connectivity index (χ4n) is 3.39. The van der Waals surface area contributed by atoms with E-state index in [0.717, 1.165) is 25.0 Å². The largest absolute Gasteiger partial charge is 0.507 e.